The van der Waals surface area contributed by atoms with Gasteiger partial charge in [-0.15, -0.1) is 0 Å². The maximum atomic E-state index is 13.6. The van der Waals surface area contributed by atoms with Crippen molar-refractivity contribution in [3.8, 4) is 11.1 Å². The first-order valence-electron chi connectivity index (χ1n) is 11.8. The zero-order chi connectivity index (χ0) is 21.1. The molecule has 0 saturated heterocycles. The van der Waals surface area contributed by atoms with Crippen molar-refractivity contribution in [2.75, 3.05) is 0 Å². The van der Waals surface area contributed by atoms with Crippen molar-refractivity contribution in [1.82, 2.24) is 0 Å². The van der Waals surface area contributed by atoms with Crippen LogP contribution in [0.5, 0.6) is 0 Å². The lowest BCUT2D eigenvalue weighted by Crippen LogP contribution is -2.30. The molecule has 0 heterocycles. The number of benzene rings is 2. The van der Waals surface area contributed by atoms with Gasteiger partial charge in [-0.05, 0) is 84.6 Å². The highest BCUT2D eigenvalue weighted by atomic mass is 19.2. The summed E-state index contributed by atoms with van der Waals surface area (Å²) in [5.74, 6) is -0.399. The molecule has 2 saturated carbocycles. The van der Waals surface area contributed by atoms with Crippen LogP contribution < -0.4 is 0 Å². The first-order chi connectivity index (χ1) is 14.5. The van der Waals surface area contributed by atoms with Crippen molar-refractivity contribution >= 4 is 0 Å². The Hall–Kier alpha value is -1.77. The summed E-state index contributed by atoms with van der Waals surface area (Å²) in [5, 5.41) is 0. The van der Waals surface area contributed by atoms with Crippen molar-refractivity contribution in [2.24, 2.45) is 17.8 Å². The fraction of sp³-hybridized carbons (Fsp3) is 0.556. The van der Waals surface area contributed by atoms with Gasteiger partial charge in [-0.25, -0.2) is 13.2 Å². The van der Waals surface area contributed by atoms with Gasteiger partial charge in [0.2, 0.25) is 0 Å². The Labute approximate surface area is 178 Å². The standard InChI is InChI=1S/C27H33F3/c1-2-3-4-5-18-6-7-23-15-22(13-12-21(23)14-18)19-8-10-20(11-9-19)24-16-25(28)27(30)26(29)17-24/h8-11,16-18,21-23H,2-7,12-15H2,1H3. The molecule has 162 valence electrons. The van der Waals surface area contributed by atoms with Gasteiger partial charge in [-0.3, -0.25) is 0 Å². The number of rotatable bonds is 6. The zero-order valence-electron chi connectivity index (χ0n) is 18.0. The quantitative estimate of drug-likeness (QED) is 0.328. The highest BCUT2D eigenvalue weighted by Crippen LogP contribution is 2.48. The van der Waals surface area contributed by atoms with Crippen LogP contribution in [-0.2, 0) is 0 Å². The molecule has 4 unspecified atom stereocenters. The summed E-state index contributed by atoms with van der Waals surface area (Å²) in [6.45, 7) is 2.28. The number of unbranched alkanes of at least 4 members (excludes halogenated alkanes) is 2. The van der Waals surface area contributed by atoms with Crippen LogP contribution in [0, 0.1) is 35.2 Å². The molecule has 2 aromatic rings. The Morgan fingerprint density at radius 2 is 1.43 bits per heavy atom. The van der Waals surface area contributed by atoms with Crippen LogP contribution >= 0.6 is 0 Å². The molecule has 30 heavy (non-hydrogen) atoms. The van der Waals surface area contributed by atoms with E-state index in [2.05, 4.69) is 19.1 Å². The van der Waals surface area contributed by atoms with Crippen LogP contribution in [0.1, 0.15) is 82.6 Å². The van der Waals surface area contributed by atoms with Gasteiger partial charge in [0.05, 0.1) is 0 Å². The summed E-state index contributed by atoms with van der Waals surface area (Å²) in [5.41, 5.74) is 2.42. The molecule has 3 heteroatoms. The van der Waals surface area contributed by atoms with E-state index in [0.717, 1.165) is 35.4 Å². The second kappa shape index (κ2) is 9.58. The third-order valence-electron chi connectivity index (χ3n) is 7.64. The van der Waals surface area contributed by atoms with Gasteiger partial charge in [-0.2, -0.15) is 0 Å². The third kappa shape index (κ3) is 4.76. The van der Waals surface area contributed by atoms with E-state index in [9.17, 15) is 13.2 Å². The van der Waals surface area contributed by atoms with E-state index in [4.69, 9.17) is 0 Å². The minimum absolute atomic E-state index is 0.378. The van der Waals surface area contributed by atoms with E-state index < -0.39 is 17.5 Å². The molecule has 4 atom stereocenters. The number of hydrogen-bond donors (Lipinski definition) is 0. The summed E-state index contributed by atoms with van der Waals surface area (Å²) in [4.78, 5) is 0. The Morgan fingerprint density at radius 1 is 0.767 bits per heavy atom. The number of hydrogen-bond acceptors (Lipinski definition) is 0. The Balaban J connectivity index is 1.37. The van der Waals surface area contributed by atoms with E-state index in [1.165, 1.54) is 69.8 Å². The van der Waals surface area contributed by atoms with Crippen molar-refractivity contribution in [2.45, 2.75) is 77.0 Å². The zero-order valence-corrected chi connectivity index (χ0v) is 18.0. The topological polar surface area (TPSA) is 0 Å². The molecule has 0 aromatic heterocycles. The molecule has 0 amide bonds. The molecular formula is C27H33F3. The normalized spacial score (nSPS) is 26.4. The molecule has 0 aliphatic heterocycles. The predicted octanol–water partition coefficient (Wildman–Crippen LogP) is 8.65. The molecule has 0 radical (unpaired) electrons. The minimum atomic E-state index is -1.41. The largest absolute Gasteiger partial charge is 0.204 e. The van der Waals surface area contributed by atoms with Crippen LogP contribution in [0.15, 0.2) is 36.4 Å². The van der Waals surface area contributed by atoms with Gasteiger partial charge in [0.15, 0.2) is 17.5 Å². The average Bonchev–Trinajstić information content (AvgIpc) is 2.77. The molecule has 0 bridgehead atoms. The van der Waals surface area contributed by atoms with Crippen molar-refractivity contribution in [3.63, 3.8) is 0 Å². The highest BCUT2D eigenvalue weighted by Gasteiger charge is 2.35. The molecule has 2 aliphatic carbocycles. The molecule has 2 aromatic carbocycles. The monoisotopic (exact) mass is 414 g/mol. The molecule has 4 rings (SSSR count). The SMILES string of the molecule is CCCCCC1CCC2CC(c3ccc(-c4cc(F)c(F)c(F)c4)cc3)CCC2C1. The second-order valence-electron chi connectivity index (χ2n) is 9.58. The van der Waals surface area contributed by atoms with Crippen molar-refractivity contribution < 1.29 is 13.2 Å². The molecular weight excluding hydrogens is 381 g/mol. The number of halogens is 3. The first kappa shape index (κ1) is 21.5. The molecule has 0 nitrogen and oxygen atoms in total. The Bertz CT molecular complexity index is 819. The van der Waals surface area contributed by atoms with E-state index >= 15 is 0 Å². The van der Waals surface area contributed by atoms with Gasteiger partial charge < -0.3 is 0 Å². The lowest BCUT2D eigenvalue weighted by atomic mass is 9.63. The molecule has 0 N–H and O–H groups in total. The first-order valence-corrected chi connectivity index (χ1v) is 11.8. The Morgan fingerprint density at radius 3 is 2.13 bits per heavy atom. The maximum absolute atomic E-state index is 13.6. The van der Waals surface area contributed by atoms with Gasteiger partial charge in [-0.1, -0.05) is 63.3 Å². The van der Waals surface area contributed by atoms with E-state index in [1.54, 1.807) is 0 Å². The maximum Gasteiger partial charge on any atom is 0.194 e. The molecule has 2 aliphatic rings. The Kier molecular flexibility index (Phi) is 6.85. The van der Waals surface area contributed by atoms with Crippen LogP contribution in [0.4, 0.5) is 13.2 Å². The molecule has 2 fully saturated rings. The summed E-state index contributed by atoms with van der Waals surface area (Å²) in [6.07, 6.45) is 13.6. The summed E-state index contributed by atoms with van der Waals surface area (Å²) < 4.78 is 40.3. The lowest BCUT2D eigenvalue weighted by Gasteiger charge is -2.42. The van der Waals surface area contributed by atoms with Crippen LogP contribution in [0.2, 0.25) is 0 Å². The summed E-state index contributed by atoms with van der Waals surface area (Å²) >= 11 is 0. The minimum Gasteiger partial charge on any atom is -0.204 e. The van der Waals surface area contributed by atoms with Crippen molar-refractivity contribution in [1.29, 1.82) is 0 Å². The lowest BCUT2D eigenvalue weighted by molar-refractivity contribution is 0.113. The second-order valence-corrected chi connectivity index (χ2v) is 9.58. The van der Waals surface area contributed by atoms with Crippen LogP contribution in [-0.4, -0.2) is 0 Å². The highest BCUT2D eigenvalue weighted by molar-refractivity contribution is 5.64. The van der Waals surface area contributed by atoms with Crippen LogP contribution in [0.3, 0.4) is 0 Å². The summed E-state index contributed by atoms with van der Waals surface area (Å²) in [7, 11) is 0. The van der Waals surface area contributed by atoms with Crippen LogP contribution in [0.25, 0.3) is 11.1 Å². The van der Waals surface area contributed by atoms with Crippen molar-refractivity contribution in [3.05, 3.63) is 59.4 Å². The van der Waals surface area contributed by atoms with Gasteiger partial charge in [0, 0.05) is 0 Å². The predicted molar refractivity (Wildman–Crippen MR) is 117 cm³/mol. The van der Waals surface area contributed by atoms with Gasteiger partial charge in [0.25, 0.3) is 0 Å². The van der Waals surface area contributed by atoms with E-state index in [-0.39, 0.29) is 0 Å². The smallest absolute Gasteiger partial charge is 0.194 e. The molecule has 0 spiro atoms. The van der Waals surface area contributed by atoms with Gasteiger partial charge in [0.1, 0.15) is 0 Å². The summed E-state index contributed by atoms with van der Waals surface area (Å²) in [6, 6.07) is 10.2. The third-order valence-corrected chi connectivity index (χ3v) is 7.64. The average molecular weight is 415 g/mol. The van der Waals surface area contributed by atoms with Gasteiger partial charge >= 0.3 is 0 Å². The number of fused-ring (bicyclic) bond motifs is 1. The fourth-order valence-electron chi connectivity index (χ4n) is 5.90. The van der Waals surface area contributed by atoms with E-state index in [0.29, 0.717) is 11.5 Å². The fourth-order valence-corrected chi connectivity index (χ4v) is 5.90. The van der Waals surface area contributed by atoms with E-state index in [1.807, 2.05) is 12.1 Å².